The molecule has 6 heteroatoms. The zero-order chi connectivity index (χ0) is 14.7. The van der Waals surface area contributed by atoms with Crippen molar-refractivity contribution in [1.82, 2.24) is 0 Å². The van der Waals surface area contributed by atoms with E-state index < -0.39 is 6.10 Å². The summed E-state index contributed by atoms with van der Waals surface area (Å²) >= 11 is 13.7. The topological polar surface area (TPSA) is 38.7 Å². The molecule has 0 fully saturated rings. The number of methoxy groups -OCH3 is 1. The Balaban J connectivity index is 2.34. The van der Waals surface area contributed by atoms with E-state index in [4.69, 9.17) is 32.7 Å². The molecule has 1 atom stereocenters. The normalized spacial score (nSPS) is 12.2. The predicted molar refractivity (Wildman–Crippen MR) is 82.6 cm³/mol. The van der Waals surface area contributed by atoms with Crippen LogP contribution in [0.25, 0.3) is 0 Å². The molecule has 0 aliphatic carbocycles. The van der Waals surface area contributed by atoms with Crippen molar-refractivity contribution in [3.8, 4) is 11.5 Å². The second-order valence-corrected chi connectivity index (χ2v) is 5.79. The number of aliphatic hydroxyl groups excluding tert-OH is 1. The van der Waals surface area contributed by atoms with Gasteiger partial charge in [-0.2, -0.15) is 0 Å². The van der Waals surface area contributed by atoms with Crippen molar-refractivity contribution in [2.75, 3.05) is 13.7 Å². The van der Waals surface area contributed by atoms with Crippen LogP contribution < -0.4 is 9.47 Å². The minimum atomic E-state index is -0.843. The lowest BCUT2D eigenvalue weighted by Crippen LogP contribution is -2.00. The van der Waals surface area contributed by atoms with Gasteiger partial charge in [0.2, 0.25) is 0 Å². The molecule has 0 aliphatic rings. The van der Waals surface area contributed by atoms with Crippen LogP contribution in [0.5, 0.6) is 11.5 Å². The molecule has 1 heterocycles. The number of rotatable bonds is 5. The van der Waals surface area contributed by atoms with Crippen LogP contribution in [0.15, 0.2) is 23.6 Å². The maximum Gasteiger partial charge on any atom is 0.139 e. The highest BCUT2D eigenvalue weighted by atomic mass is 35.5. The van der Waals surface area contributed by atoms with E-state index in [9.17, 15) is 5.11 Å². The van der Waals surface area contributed by atoms with Crippen LogP contribution in [0.2, 0.25) is 10.0 Å². The summed E-state index contributed by atoms with van der Waals surface area (Å²) in [5, 5.41) is 13.1. The molecule has 2 aromatic rings. The van der Waals surface area contributed by atoms with Gasteiger partial charge >= 0.3 is 0 Å². The van der Waals surface area contributed by atoms with E-state index >= 15 is 0 Å². The summed E-state index contributed by atoms with van der Waals surface area (Å²) < 4.78 is 10.5. The number of benzene rings is 1. The number of thiophene rings is 1. The third kappa shape index (κ3) is 3.20. The largest absolute Gasteiger partial charge is 0.496 e. The quantitative estimate of drug-likeness (QED) is 0.873. The summed E-state index contributed by atoms with van der Waals surface area (Å²) in [6.07, 6.45) is -0.843. The molecule has 20 heavy (non-hydrogen) atoms. The number of ether oxygens (including phenoxy) is 2. The molecule has 0 aliphatic heterocycles. The summed E-state index contributed by atoms with van der Waals surface area (Å²) in [7, 11) is 1.58. The van der Waals surface area contributed by atoms with Gasteiger partial charge in [-0.25, -0.2) is 0 Å². The Bertz CT molecular complexity index is 598. The lowest BCUT2D eigenvalue weighted by atomic mass is 10.1. The first-order chi connectivity index (χ1) is 9.56. The highest BCUT2D eigenvalue weighted by molar-refractivity contribution is 7.10. The van der Waals surface area contributed by atoms with E-state index in [1.165, 1.54) is 11.3 Å². The molecule has 1 N–H and O–H groups in total. The minimum absolute atomic E-state index is 0.415. The van der Waals surface area contributed by atoms with Crippen molar-refractivity contribution in [3.63, 3.8) is 0 Å². The molecule has 1 unspecified atom stereocenters. The third-order valence-electron chi connectivity index (χ3n) is 2.75. The van der Waals surface area contributed by atoms with Crippen molar-refractivity contribution in [2.24, 2.45) is 0 Å². The first-order valence-corrected chi connectivity index (χ1v) is 7.62. The Hall–Kier alpha value is -0.940. The molecule has 0 bridgehead atoms. The van der Waals surface area contributed by atoms with Crippen LogP contribution in [0, 0.1) is 0 Å². The van der Waals surface area contributed by atoms with Crippen molar-refractivity contribution < 1.29 is 14.6 Å². The number of hydrogen-bond donors (Lipinski definition) is 1. The number of aliphatic hydroxyl groups is 1. The Morgan fingerprint density at radius 1 is 1.25 bits per heavy atom. The van der Waals surface area contributed by atoms with Crippen LogP contribution >= 0.6 is 34.5 Å². The van der Waals surface area contributed by atoms with Gasteiger partial charge in [0, 0.05) is 21.9 Å². The smallest absolute Gasteiger partial charge is 0.139 e. The van der Waals surface area contributed by atoms with Crippen LogP contribution in [-0.4, -0.2) is 18.8 Å². The zero-order valence-electron chi connectivity index (χ0n) is 11.0. The van der Waals surface area contributed by atoms with E-state index in [-0.39, 0.29) is 0 Å². The fourth-order valence-corrected chi connectivity index (χ4v) is 3.10. The van der Waals surface area contributed by atoms with Crippen molar-refractivity contribution in [3.05, 3.63) is 44.1 Å². The molecule has 108 valence electrons. The highest BCUT2D eigenvalue weighted by Crippen LogP contribution is 2.38. The molecule has 2 rings (SSSR count). The molecule has 3 nitrogen and oxygen atoms in total. The lowest BCUT2D eigenvalue weighted by Gasteiger charge is -2.14. The van der Waals surface area contributed by atoms with Gasteiger partial charge in [-0.05, 0) is 19.1 Å². The average molecular weight is 333 g/mol. The predicted octanol–water partition coefficient (Wildman–Crippen LogP) is 4.54. The Morgan fingerprint density at radius 2 is 2.00 bits per heavy atom. The Kier molecular flexibility index (Phi) is 5.16. The SMILES string of the molecule is CCOc1cc(Cl)c(C(O)c2cc(OC)cs2)cc1Cl. The second-order valence-electron chi connectivity index (χ2n) is 4.03. The molecular formula is C14H14Cl2O3S. The average Bonchev–Trinajstić information content (AvgIpc) is 2.91. The van der Waals surface area contributed by atoms with Crippen molar-refractivity contribution >= 4 is 34.5 Å². The van der Waals surface area contributed by atoms with Gasteiger partial charge in [-0.3, -0.25) is 0 Å². The summed E-state index contributed by atoms with van der Waals surface area (Å²) in [4.78, 5) is 0.740. The van der Waals surface area contributed by atoms with Crippen molar-refractivity contribution in [1.29, 1.82) is 0 Å². The van der Waals surface area contributed by atoms with Crippen LogP contribution in [0.1, 0.15) is 23.5 Å². The van der Waals surface area contributed by atoms with Crippen LogP contribution in [0.4, 0.5) is 0 Å². The summed E-state index contributed by atoms with van der Waals surface area (Å²) in [6.45, 7) is 2.37. The van der Waals surface area contributed by atoms with Gasteiger partial charge in [0.15, 0.2) is 0 Å². The first-order valence-electron chi connectivity index (χ1n) is 5.99. The maximum absolute atomic E-state index is 10.4. The first kappa shape index (κ1) is 15.4. The second kappa shape index (κ2) is 6.68. The molecule has 1 aromatic heterocycles. The monoisotopic (exact) mass is 332 g/mol. The van der Waals surface area contributed by atoms with E-state index in [1.54, 1.807) is 25.3 Å². The van der Waals surface area contributed by atoms with Crippen LogP contribution in [-0.2, 0) is 0 Å². The van der Waals surface area contributed by atoms with E-state index in [0.29, 0.717) is 33.7 Å². The van der Waals surface area contributed by atoms with E-state index in [2.05, 4.69) is 0 Å². The Labute approximate surface area is 131 Å². The fourth-order valence-electron chi connectivity index (χ4n) is 1.76. The summed E-state index contributed by atoms with van der Waals surface area (Å²) in [5.74, 6) is 1.22. The molecule has 0 spiro atoms. The fraction of sp³-hybridized carbons (Fsp3) is 0.286. The van der Waals surface area contributed by atoms with Gasteiger partial charge in [-0.15, -0.1) is 11.3 Å². The number of halogens is 2. The summed E-state index contributed by atoms with van der Waals surface area (Å²) in [6, 6.07) is 5.03. The van der Waals surface area contributed by atoms with Gasteiger partial charge in [0.25, 0.3) is 0 Å². The van der Waals surface area contributed by atoms with E-state index in [1.807, 2.05) is 12.3 Å². The van der Waals surface area contributed by atoms with E-state index in [0.717, 1.165) is 4.88 Å². The molecule has 1 aromatic carbocycles. The maximum atomic E-state index is 10.4. The van der Waals surface area contributed by atoms with Crippen molar-refractivity contribution in [2.45, 2.75) is 13.0 Å². The minimum Gasteiger partial charge on any atom is -0.496 e. The molecule has 0 radical (unpaired) electrons. The van der Waals surface area contributed by atoms with Crippen LogP contribution in [0.3, 0.4) is 0 Å². The molecule has 0 saturated carbocycles. The van der Waals surface area contributed by atoms with Gasteiger partial charge < -0.3 is 14.6 Å². The lowest BCUT2D eigenvalue weighted by molar-refractivity contribution is 0.224. The van der Waals surface area contributed by atoms with Gasteiger partial charge in [0.1, 0.15) is 17.6 Å². The Morgan fingerprint density at radius 3 is 2.60 bits per heavy atom. The number of hydrogen-bond acceptors (Lipinski definition) is 4. The highest BCUT2D eigenvalue weighted by Gasteiger charge is 2.19. The zero-order valence-corrected chi connectivity index (χ0v) is 13.4. The molecule has 0 amide bonds. The van der Waals surface area contributed by atoms with Gasteiger partial charge in [0.05, 0.1) is 23.8 Å². The molecular weight excluding hydrogens is 319 g/mol. The molecule has 0 saturated heterocycles. The van der Waals surface area contributed by atoms with Gasteiger partial charge in [-0.1, -0.05) is 23.2 Å². The summed E-state index contributed by atoms with van der Waals surface area (Å²) in [5.41, 5.74) is 0.546. The third-order valence-corrected chi connectivity index (χ3v) is 4.33. The standard InChI is InChI=1S/C14H14Cl2O3S/c1-3-19-12-6-10(15)9(5-11(12)16)14(17)13-4-8(18-2)7-20-13/h4-7,14,17H,3H2,1-2H3.